The molecule has 3 rings (SSSR count). The molecule has 11 nitrogen and oxygen atoms in total. The normalized spacial score (nSPS) is 20.1. The van der Waals surface area contributed by atoms with Crippen LogP contribution in [0.15, 0.2) is 48.5 Å². The molecule has 1 aliphatic rings. The average molecular weight is 584 g/mol. The first-order valence-corrected chi connectivity index (χ1v) is 13.8. The zero-order valence-corrected chi connectivity index (χ0v) is 24.2. The van der Waals surface area contributed by atoms with E-state index in [1.54, 1.807) is 44.2 Å². The summed E-state index contributed by atoms with van der Waals surface area (Å²) in [7, 11) is 0. The van der Waals surface area contributed by atoms with Crippen LogP contribution in [0.25, 0.3) is 0 Å². The first-order chi connectivity index (χ1) is 19.9. The molecule has 1 heterocycles. The summed E-state index contributed by atoms with van der Waals surface area (Å²) in [6.45, 7) is 6.82. The lowest BCUT2D eigenvalue weighted by atomic mass is 9.99. The highest BCUT2D eigenvalue weighted by Crippen LogP contribution is 2.18. The number of amides is 5. The minimum atomic E-state index is -1.44. The van der Waals surface area contributed by atoms with Crippen LogP contribution in [0.4, 0.5) is 4.39 Å². The molecule has 0 spiro atoms. The Balaban J connectivity index is 1.84. The molecular weight excluding hydrogens is 545 g/mol. The van der Waals surface area contributed by atoms with Crippen molar-refractivity contribution in [2.75, 3.05) is 19.7 Å². The molecule has 42 heavy (non-hydrogen) atoms. The minimum Gasteiger partial charge on any atom is -0.491 e. The zero-order chi connectivity index (χ0) is 30.9. The number of para-hydroxylation sites is 1. The summed E-state index contributed by atoms with van der Waals surface area (Å²) in [4.78, 5) is 65.5. The first-order valence-electron chi connectivity index (χ1n) is 13.8. The summed E-state index contributed by atoms with van der Waals surface area (Å²) in [5, 5.41) is 13.3. The maximum Gasteiger partial charge on any atom is 0.255 e. The van der Waals surface area contributed by atoms with Gasteiger partial charge in [0.1, 0.15) is 35.8 Å². The van der Waals surface area contributed by atoms with E-state index in [2.05, 4.69) is 26.6 Å². The van der Waals surface area contributed by atoms with E-state index in [0.717, 1.165) is 5.56 Å². The molecule has 0 aliphatic carbocycles. The monoisotopic (exact) mass is 583 g/mol. The van der Waals surface area contributed by atoms with Crippen molar-refractivity contribution in [3.05, 3.63) is 65.5 Å². The van der Waals surface area contributed by atoms with Crippen molar-refractivity contribution >= 4 is 29.5 Å². The standard InChI is InChI=1S/C30H38FN5O6/c1-18(2)25-28(40)33-15-16-42-23-8-6-5-7-21(23)26(38)34-22(17-24(37)36-30(3,4)29(41)35-25)27(39)32-14-13-19-9-11-20(31)12-10-19/h5-12,18,22,25H,13-17H2,1-4H3,(H,32,39)(H,33,40)(H,34,38)(H,35,41)(H,36,37)/t22-,25+/m0/s1. The Morgan fingerprint density at radius 2 is 1.74 bits per heavy atom. The number of fused-ring (bicyclic) bond motifs is 1. The molecule has 2 aromatic carbocycles. The Labute approximate surface area is 244 Å². The molecule has 2 aromatic rings. The van der Waals surface area contributed by atoms with Crippen LogP contribution in [0.1, 0.15) is 50.0 Å². The largest absolute Gasteiger partial charge is 0.491 e. The third-order valence-corrected chi connectivity index (χ3v) is 6.68. The van der Waals surface area contributed by atoms with Crippen LogP contribution in [-0.4, -0.2) is 66.9 Å². The Kier molecular flexibility index (Phi) is 11.0. The van der Waals surface area contributed by atoms with Gasteiger partial charge in [-0.15, -0.1) is 0 Å². The molecule has 2 atom stereocenters. The average Bonchev–Trinajstić information content (AvgIpc) is 2.93. The fraction of sp³-hybridized carbons (Fsp3) is 0.433. The maximum atomic E-state index is 13.3. The van der Waals surface area contributed by atoms with E-state index >= 15 is 0 Å². The van der Waals surface area contributed by atoms with E-state index in [4.69, 9.17) is 4.74 Å². The van der Waals surface area contributed by atoms with Crippen LogP contribution < -0.4 is 31.3 Å². The van der Waals surface area contributed by atoms with Crippen molar-refractivity contribution in [3.63, 3.8) is 0 Å². The highest BCUT2D eigenvalue weighted by atomic mass is 19.1. The summed E-state index contributed by atoms with van der Waals surface area (Å²) in [5.74, 6) is -3.36. The maximum absolute atomic E-state index is 13.3. The van der Waals surface area contributed by atoms with Crippen molar-refractivity contribution < 1.29 is 33.1 Å². The quantitative estimate of drug-likeness (QED) is 0.357. The summed E-state index contributed by atoms with van der Waals surface area (Å²) in [6.07, 6.45) is -0.0749. The van der Waals surface area contributed by atoms with Gasteiger partial charge in [-0.05, 0) is 56.0 Å². The van der Waals surface area contributed by atoms with Gasteiger partial charge in [-0.3, -0.25) is 24.0 Å². The second-order valence-electron chi connectivity index (χ2n) is 10.9. The SMILES string of the molecule is CC(C)[C@H]1NC(=O)C(C)(C)NC(=O)C[C@@H](C(=O)NCCc2ccc(F)cc2)NC(=O)c2ccccc2OCCNC1=O. The Hall–Kier alpha value is -4.48. The molecule has 226 valence electrons. The van der Waals surface area contributed by atoms with Crippen LogP contribution in [0.2, 0.25) is 0 Å². The van der Waals surface area contributed by atoms with Gasteiger partial charge in [0, 0.05) is 6.54 Å². The molecule has 0 fully saturated rings. The van der Waals surface area contributed by atoms with E-state index in [-0.39, 0.29) is 42.7 Å². The molecule has 0 aromatic heterocycles. The van der Waals surface area contributed by atoms with E-state index in [1.165, 1.54) is 32.0 Å². The molecular formula is C30H38FN5O6. The molecule has 0 radical (unpaired) electrons. The summed E-state index contributed by atoms with van der Waals surface area (Å²) in [5.41, 5.74) is -0.518. The number of rotatable bonds is 5. The fourth-order valence-electron chi connectivity index (χ4n) is 4.27. The van der Waals surface area contributed by atoms with E-state index in [1.807, 2.05) is 0 Å². The zero-order valence-electron chi connectivity index (χ0n) is 24.2. The van der Waals surface area contributed by atoms with Crippen molar-refractivity contribution in [2.45, 2.75) is 58.2 Å². The number of hydrogen-bond acceptors (Lipinski definition) is 6. The number of hydrogen-bond donors (Lipinski definition) is 5. The predicted molar refractivity (Wildman–Crippen MR) is 153 cm³/mol. The van der Waals surface area contributed by atoms with E-state index in [9.17, 15) is 28.4 Å². The summed E-state index contributed by atoms with van der Waals surface area (Å²) >= 11 is 0. The second-order valence-corrected chi connectivity index (χ2v) is 10.9. The van der Waals surface area contributed by atoms with Crippen LogP contribution in [0.5, 0.6) is 5.75 Å². The van der Waals surface area contributed by atoms with Gasteiger partial charge < -0.3 is 31.3 Å². The van der Waals surface area contributed by atoms with Crippen LogP contribution in [0.3, 0.4) is 0 Å². The number of carbonyl (C=O) groups is 5. The number of halogens is 1. The minimum absolute atomic E-state index is 0.0353. The molecule has 0 bridgehead atoms. The van der Waals surface area contributed by atoms with Crippen LogP contribution >= 0.6 is 0 Å². The van der Waals surface area contributed by atoms with Gasteiger partial charge in [-0.25, -0.2) is 4.39 Å². The Morgan fingerprint density at radius 3 is 2.43 bits per heavy atom. The van der Waals surface area contributed by atoms with Crippen molar-refractivity contribution in [2.24, 2.45) is 5.92 Å². The van der Waals surface area contributed by atoms with Gasteiger partial charge in [0.2, 0.25) is 23.6 Å². The number of benzene rings is 2. The van der Waals surface area contributed by atoms with Crippen molar-refractivity contribution in [1.82, 2.24) is 26.6 Å². The number of ether oxygens (including phenoxy) is 1. The smallest absolute Gasteiger partial charge is 0.255 e. The molecule has 0 saturated heterocycles. The number of carbonyl (C=O) groups excluding carboxylic acids is 5. The molecule has 1 aliphatic heterocycles. The topological polar surface area (TPSA) is 155 Å². The van der Waals surface area contributed by atoms with Crippen LogP contribution in [0, 0.1) is 11.7 Å². The van der Waals surface area contributed by atoms with E-state index < -0.39 is 53.6 Å². The van der Waals surface area contributed by atoms with E-state index in [0.29, 0.717) is 6.42 Å². The molecule has 5 N–H and O–H groups in total. The Morgan fingerprint density at radius 1 is 1.05 bits per heavy atom. The number of nitrogens with one attached hydrogen (secondary N) is 5. The summed E-state index contributed by atoms with van der Waals surface area (Å²) < 4.78 is 19.0. The predicted octanol–water partition coefficient (Wildman–Crippen LogP) is 1.22. The Bertz CT molecular complexity index is 1300. The first kappa shape index (κ1) is 32.0. The molecule has 0 saturated carbocycles. The fourth-order valence-corrected chi connectivity index (χ4v) is 4.27. The van der Waals surface area contributed by atoms with Gasteiger partial charge in [-0.2, -0.15) is 0 Å². The third-order valence-electron chi connectivity index (χ3n) is 6.68. The highest BCUT2D eigenvalue weighted by molar-refractivity contribution is 6.01. The van der Waals surface area contributed by atoms with Crippen molar-refractivity contribution in [3.8, 4) is 5.75 Å². The molecule has 0 unspecified atom stereocenters. The lowest BCUT2D eigenvalue weighted by molar-refractivity contribution is -0.136. The molecule has 5 amide bonds. The third kappa shape index (κ3) is 9.02. The van der Waals surface area contributed by atoms with Crippen LogP contribution in [-0.2, 0) is 25.6 Å². The van der Waals surface area contributed by atoms with Crippen molar-refractivity contribution in [1.29, 1.82) is 0 Å². The lowest BCUT2D eigenvalue weighted by Gasteiger charge is -2.30. The second kappa shape index (κ2) is 14.4. The lowest BCUT2D eigenvalue weighted by Crippen LogP contribution is -2.60. The van der Waals surface area contributed by atoms with Gasteiger partial charge in [0.25, 0.3) is 5.91 Å². The van der Waals surface area contributed by atoms with Gasteiger partial charge >= 0.3 is 0 Å². The molecule has 12 heteroatoms. The van der Waals surface area contributed by atoms with Gasteiger partial charge in [0.05, 0.1) is 18.5 Å². The van der Waals surface area contributed by atoms with Gasteiger partial charge in [0.15, 0.2) is 0 Å². The summed E-state index contributed by atoms with van der Waals surface area (Å²) in [6, 6.07) is 10.1. The highest BCUT2D eigenvalue weighted by Gasteiger charge is 2.35. The van der Waals surface area contributed by atoms with Gasteiger partial charge in [-0.1, -0.05) is 38.1 Å².